The van der Waals surface area contributed by atoms with Crippen LogP contribution in [0, 0.1) is 0 Å². The quantitative estimate of drug-likeness (QED) is 0.338. The molecular formula is C12H26NO4P. The van der Waals surface area contributed by atoms with Gasteiger partial charge in [-0.25, -0.2) is 0 Å². The SMILES string of the molecule is C=C(C)COCCNCCP(=O)(OCC)OCC. The lowest BCUT2D eigenvalue weighted by molar-refractivity contribution is 0.158. The van der Waals surface area contributed by atoms with E-state index in [2.05, 4.69) is 11.9 Å². The highest BCUT2D eigenvalue weighted by atomic mass is 31.2. The zero-order valence-corrected chi connectivity index (χ0v) is 12.6. The number of hydrogen-bond donors (Lipinski definition) is 1. The van der Waals surface area contributed by atoms with Crippen LogP contribution in [0.25, 0.3) is 0 Å². The molecule has 0 radical (unpaired) electrons. The molecule has 0 aromatic heterocycles. The molecule has 18 heavy (non-hydrogen) atoms. The van der Waals surface area contributed by atoms with Crippen LogP contribution in [0.3, 0.4) is 0 Å². The van der Waals surface area contributed by atoms with Gasteiger partial charge in [-0.3, -0.25) is 4.57 Å². The number of hydrogen-bond acceptors (Lipinski definition) is 5. The van der Waals surface area contributed by atoms with Crippen LogP contribution in [0.15, 0.2) is 12.2 Å². The largest absolute Gasteiger partial charge is 0.376 e. The molecule has 5 nitrogen and oxygen atoms in total. The summed E-state index contributed by atoms with van der Waals surface area (Å²) in [5.41, 5.74) is 1.01. The maximum atomic E-state index is 12.1. The van der Waals surface area contributed by atoms with Gasteiger partial charge in [0, 0.05) is 13.1 Å². The van der Waals surface area contributed by atoms with E-state index in [9.17, 15) is 4.57 Å². The molecule has 0 amide bonds. The first-order chi connectivity index (χ1) is 8.54. The molecule has 0 aliphatic rings. The van der Waals surface area contributed by atoms with Gasteiger partial charge < -0.3 is 19.1 Å². The summed E-state index contributed by atoms with van der Waals surface area (Å²) in [6.07, 6.45) is 0.384. The molecule has 0 aromatic rings. The molecule has 108 valence electrons. The van der Waals surface area contributed by atoms with E-state index < -0.39 is 7.60 Å². The van der Waals surface area contributed by atoms with E-state index in [1.807, 2.05) is 20.8 Å². The van der Waals surface area contributed by atoms with Crippen molar-refractivity contribution in [3.8, 4) is 0 Å². The minimum atomic E-state index is -2.91. The minimum Gasteiger partial charge on any atom is -0.376 e. The fourth-order valence-corrected chi connectivity index (χ4v) is 2.84. The average molecular weight is 279 g/mol. The van der Waals surface area contributed by atoms with Crippen LogP contribution in [-0.2, 0) is 18.3 Å². The Hall–Kier alpha value is -0.190. The maximum absolute atomic E-state index is 12.1. The Morgan fingerprint density at radius 1 is 1.22 bits per heavy atom. The van der Waals surface area contributed by atoms with Crippen LogP contribution in [0.4, 0.5) is 0 Å². The molecule has 0 heterocycles. The van der Waals surface area contributed by atoms with E-state index in [0.717, 1.165) is 5.57 Å². The van der Waals surface area contributed by atoms with Crippen molar-refractivity contribution in [1.82, 2.24) is 5.32 Å². The second kappa shape index (κ2) is 10.7. The zero-order valence-electron chi connectivity index (χ0n) is 11.7. The molecule has 0 saturated heterocycles. The summed E-state index contributed by atoms with van der Waals surface area (Å²) in [4.78, 5) is 0. The Bertz CT molecular complexity index is 261. The van der Waals surface area contributed by atoms with Crippen molar-refractivity contribution in [3.63, 3.8) is 0 Å². The summed E-state index contributed by atoms with van der Waals surface area (Å²) in [5, 5.41) is 3.14. The molecule has 0 aromatic carbocycles. The van der Waals surface area contributed by atoms with Crippen molar-refractivity contribution in [3.05, 3.63) is 12.2 Å². The van der Waals surface area contributed by atoms with E-state index in [4.69, 9.17) is 13.8 Å². The van der Waals surface area contributed by atoms with E-state index >= 15 is 0 Å². The summed E-state index contributed by atoms with van der Waals surface area (Å²) in [5.74, 6) is 0. The molecule has 0 unspecified atom stereocenters. The van der Waals surface area contributed by atoms with Crippen LogP contribution in [0.5, 0.6) is 0 Å². The summed E-state index contributed by atoms with van der Waals surface area (Å²) < 4.78 is 27.8. The van der Waals surface area contributed by atoms with Crippen molar-refractivity contribution < 1.29 is 18.3 Å². The standard InChI is InChI=1S/C12H26NO4P/c1-5-16-18(14,17-6-2)10-8-13-7-9-15-11-12(3)4/h13H,3,5-11H2,1-2,4H3. The van der Waals surface area contributed by atoms with Crippen molar-refractivity contribution in [2.45, 2.75) is 20.8 Å². The van der Waals surface area contributed by atoms with Crippen LogP contribution in [0.1, 0.15) is 20.8 Å². The first-order valence-corrected chi connectivity index (χ1v) is 8.07. The summed E-state index contributed by atoms with van der Waals surface area (Å²) in [6.45, 7) is 12.6. The lowest BCUT2D eigenvalue weighted by Gasteiger charge is -2.17. The predicted octanol–water partition coefficient (Wildman–Crippen LogP) is 2.43. The molecular weight excluding hydrogens is 253 g/mol. The van der Waals surface area contributed by atoms with Crippen LogP contribution >= 0.6 is 7.60 Å². The van der Waals surface area contributed by atoms with E-state index in [0.29, 0.717) is 45.7 Å². The fraction of sp³-hybridized carbons (Fsp3) is 0.833. The van der Waals surface area contributed by atoms with Gasteiger partial charge in [0.15, 0.2) is 0 Å². The molecule has 6 heteroatoms. The Morgan fingerprint density at radius 3 is 2.33 bits per heavy atom. The van der Waals surface area contributed by atoms with E-state index in [1.165, 1.54) is 0 Å². The molecule has 0 atom stereocenters. The normalized spacial score (nSPS) is 11.7. The molecule has 0 fully saturated rings. The molecule has 1 N–H and O–H groups in total. The van der Waals surface area contributed by atoms with Gasteiger partial charge in [-0.2, -0.15) is 0 Å². The van der Waals surface area contributed by atoms with Gasteiger partial charge in [-0.1, -0.05) is 12.2 Å². The van der Waals surface area contributed by atoms with E-state index in [1.54, 1.807) is 0 Å². The Morgan fingerprint density at radius 2 is 1.83 bits per heavy atom. The Balaban J connectivity index is 3.61. The highest BCUT2D eigenvalue weighted by Crippen LogP contribution is 2.47. The third-order valence-corrected chi connectivity index (χ3v) is 4.06. The summed E-state index contributed by atoms with van der Waals surface area (Å²) >= 11 is 0. The Kier molecular flexibility index (Phi) is 10.6. The van der Waals surface area contributed by atoms with Gasteiger partial charge in [-0.05, 0) is 20.8 Å². The lowest BCUT2D eigenvalue weighted by atomic mass is 10.4. The van der Waals surface area contributed by atoms with Crippen LogP contribution < -0.4 is 5.32 Å². The first-order valence-electron chi connectivity index (χ1n) is 6.35. The number of nitrogens with one attached hydrogen (secondary N) is 1. The molecule has 0 aliphatic heterocycles. The third-order valence-electron chi connectivity index (χ3n) is 1.99. The second-order valence-electron chi connectivity index (χ2n) is 3.93. The van der Waals surface area contributed by atoms with Crippen molar-refractivity contribution in [2.75, 3.05) is 45.7 Å². The maximum Gasteiger partial charge on any atom is 0.331 e. The number of ether oxygens (including phenoxy) is 1. The summed E-state index contributed by atoms with van der Waals surface area (Å²) in [6, 6.07) is 0. The predicted molar refractivity (Wildman–Crippen MR) is 74.2 cm³/mol. The lowest BCUT2D eigenvalue weighted by Crippen LogP contribution is -2.24. The second-order valence-corrected chi connectivity index (χ2v) is 6.12. The molecule has 0 rings (SSSR count). The zero-order chi connectivity index (χ0) is 13.9. The first kappa shape index (κ1) is 17.8. The topological polar surface area (TPSA) is 56.8 Å². The van der Waals surface area contributed by atoms with Crippen LogP contribution in [-0.4, -0.2) is 45.7 Å². The minimum absolute atomic E-state index is 0.384. The van der Waals surface area contributed by atoms with Gasteiger partial charge >= 0.3 is 7.60 Å². The highest BCUT2D eigenvalue weighted by Gasteiger charge is 2.22. The monoisotopic (exact) mass is 279 g/mol. The van der Waals surface area contributed by atoms with Gasteiger partial charge in [0.1, 0.15) is 0 Å². The van der Waals surface area contributed by atoms with Gasteiger partial charge in [0.25, 0.3) is 0 Å². The summed E-state index contributed by atoms with van der Waals surface area (Å²) in [7, 11) is -2.91. The highest BCUT2D eigenvalue weighted by molar-refractivity contribution is 7.53. The molecule has 0 aliphatic carbocycles. The third kappa shape index (κ3) is 9.80. The molecule has 0 spiro atoms. The Labute approximate surface area is 110 Å². The molecule has 0 saturated carbocycles. The van der Waals surface area contributed by atoms with E-state index in [-0.39, 0.29) is 0 Å². The molecule has 0 bridgehead atoms. The van der Waals surface area contributed by atoms with Crippen LogP contribution in [0.2, 0.25) is 0 Å². The van der Waals surface area contributed by atoms with Gasteiger partial charge in [-0.15, -0.1) is 0 Å². The smallest absolute Gasteiger partial charge is 0.331 e. The van der Waals surface area contributed by atoms with Gasteiger partial charge in [0.05, 0.1) is 32.6 Å². The van der Waals surface area contributed by atoms with Crippen molar-refractivity contribution in [2.24, 2.45) is 0 Å². The van der Waals surface area contributed by atoms with Crippen molar-refractivity contribution in [1.29, 1.82) is 0 Å². The average Bonchev–Trinajstić information content (AvgIpc) is 2.28. The fourth-order valence-electron chi connectivity index (χ4n) is 1.29. The van der Waals surface area contributed by atoms with Gasteiger partial charge in [0.2, 0.25) is 0 Å². The van der Waals surface area contributed by atoms with Crippen molar-refractivity contribution >= 4 is 7.60 Å². The number of rotatable bonds is 12.